The molecule has 0 amide bonds. The van der Waals surface area contributed by atoms with Gasteiger partial charge in [-0.2, -0.15) is 15.9 Å². The number of quaternary nitrogens is 1. The second-order valence-corrected chi connectivity index (χ2v) is 7.49. The Morgan fingerprint density at radius 3 is 2.96 bits per heavy atom. The molecule has 7 heteroatoms. The molecule has 3 N–H and O–H groups in total. The van der Waals surface area contributed by atoms with Crippen molar-refractivity contribution in [3.63, 3.8) is 0 Å². The number of amidine groups is 1. The van der Waals surface area contributed by atoms with Gasteiger partial charge < -0.3 is 0 Å². The number of allylic oxidation sites excluding steroid dienone is 2. The van der Waals surface area contributed by atoms with Gasteiger partial charge in [-0.05, 0) is 37.7 Å². The monoisotopic (exact) mass is 373 g/mol. The minimum absolute atomic E-state index is 0.100. The van der Waals surface area contributed by atoms with Crippen molar-refractivity contribution < 1.29 is 4.59 Å². The maximum atomic E-state index is 6.47. The van der Waals surface area contributed by atoms with Gasteiger partial charge in [0.15, 0.2) is 0 Å². The Kier molecular flexibility index (Phi) is 2.84. The number of H-pyrrole nitrogens is 1. The predicted octanol–water partition coefficient (Wildman–Crippen LogP) is 2.61. The molecule has 1 fully saturated rings. The van der Waals surface area contributed by atoms with Crippen LogP contribution in [0.2, 0.25) is 0 Å². The number of fused-ring (bicyclic) bond motifs is 2. The van der Waals surface area contributed by atoms with Gasteiger partial charge in [0.2, 0.25) is 5.70 Å². The summed E-state index contributed by atoms with van der Waals surface area (Å²) in [5.41, 5.74) is 6.08. The maximum Gasteiger partial charge on any atom is 0.301 e. The number of hydrogen-bond donors (Lipinski definition) is 2. The molecular weight excluding hydrogens is 356 g/mol. The lowest BCUT2D eigenvalue weighted by Gasteiger charge is -2.25. The minimum Gasteiger partial charge on any atom is -0.282 e. The first-order chi connectivity index (χ1) is 11.2. The third-order valence-corrected chi connectivity index (χ3v) is 6.06. The van der Waals surface area contributed by atoms with Gasteiger partial charge in [-0.1, -0.05) is 0 Å². The van der Waals surface area contributed by atoms with Gasteiger partial charge >= 0.3 is 4.74 Å². The third kappa shape index (κ3) is 1.96. The van der Waals surface area contributed by atoms with E-state index >= 15 is 0 Å². The van der Waals surface area contributed by atoms with Gasteiger partial charge in [-0.25, -0.2) is 0 Å². The van der Waals surface area contributed by atoms with Crippen molar-refractivity contribution in [3.05, 3.63) is 40.7 Å². The number of hydrogen-bond acceptors (Lipinski definition) is 4. The van der Waals surface area contributed by atoms with E-state index in [2.05, 4.69) is 31.1 Å². The molecular formula is C16H18BrN6+. The number of aryl methyl sites for hydroxylation is 1. The molecule has 1 aromatic rings. The average molecular weight is 374 g/mol. The molecule has 0 radical (unpaired) electrons. The molecule has 2 unspecified atom stereocenters. The number of rotatable bonds is 2. The van der Waals surface area contributed by atoms with E-state index < -0.39 is 0 Å². The molecule has 2 aliphatic carbocycles. The SMILES string of the molecule is N[N+]12C=CN=CC1=C(C1CCc3[nH]nc(C4CC4)c3C1)N=C2Br. The summed E-state index contributed by atoms with van der Waals surface area (Å²) in [5.74, 6) is 7.52. The second-order valence-electron chi connectivity index (χ2n) is 6.78. The van der Waals surface area contributed by atoms with Crippen molar-refractivity contribution in [1.29, 1.82) is 0 Å². The van der Waals surface area contributed by atoms with Gasteiger partial charge in [0.05, 0.1) is 18.1 Å². The van der Waals surface area contributed by atoms with E-state index in [4.69, 9.17) is 10.8 Å². The van der Waals surface area contributed by atoms with E-state index in [-0.39, 0.29) is 4.59 Å². The molecule has 3 heterocycles. The summed E-state index contributed by atoms with van der Waals surface area (Å²) in [5, 5.41) is 7.83. The molecule has 1 saturated carbocycles. The van der Waals surface area contributed by atoms with Crippen molar-refractivity contribution in [2.75, 3.05) is 0 Å². The van der Waals surface area contributed by atoms with Crippen LogP contribution in [0.5, 0.6) is 0 Å². The van der Waals surface area contributed by atoms with Crippen LogP contribution < -0.4 is 5.84 Å². The number of nitrogens with zero attached hydrogens (tertiary/aromatic N) is 4. The normalized spacial score (nSPS) is 32.1. The van der Waals surface area contributed by atoms with E-state index in [1.54, 1.807) is 6.20 Å². The molecule has 0 bridgehead atoms. The molecule has 4 aliphatic rings. The van der Waals surface area contributed by atoms with Gasteiger partial charge in [-0.3, -0.25) is 10.1 Å². The summed E-state index contributed by atoms with van der Waals surface area (Å²) in [7, 11) is 0. The van der Waals surface area contributed by atoms with Gasteiger partial charge in [0.25, 0.3) is 0 Å². The fourth-order valence-electron chi connectivity index (χ4n) is 3.84. The first kappa shape index (κ1) is 13.8. The molecule has 6 nitrogen and oxygen atoms in total. The summed E-state index contributed by atoms with van der Waals surface area (Å²) in [6, 6.07) is 0. The van der Waals surface area contributed by atoms with Crippen LogP contribution >= 0.6 is 15.9 Å². The highest BCUT2D eigenvalue weighted by molar-refractivity contribution is 9.18. The fourth-order valence-corrected chi connectivity index (χ4v) is 4.34. The van der Waals surface area contributed by atoms with Gasteiger partial charge in [-0.15, -0.1) is 4.59 Å². The van der Waals surface area contributed by atoms with Crippen molar-refractivity contribution in [2.24, 2.45) is 21.7 Å². The zero-order valence-electron chi connectivity index (χ0n) is 12.7. The van der Waals surface area contributed by atoms with E-state index in [9.17, 15) is 0 Å². The Hall–Kier alpha value is -1.57. The predicted molar refractivity (Wildman–Crippen MR) is 91.5 cm³/mol. The van der Waals surface area contributed by atoms with Gasteiger partial charge in [0, 0.05) is 33.5 Å². The van der Waals surface area contributed by atoms with Crippen LogP contribution in [0.15, 0.2) is 33.8 Å². The average Bonchev–Trinajstić information content (AvgIpc) is 3.26. The quantitative estimate of drug-likeness (QED) is 0.474. The van der Waals surface area contributed by atoms with Crippen molar-refractivity contribution in [1.82, 2.24) is 10.2 Å². The Morgan fingerprint density at radius 2 is 2.13 bits per heavy atom. The Morgan fingerprint density at radius 1 is 1.26 bits per heavy atom. The zero-order valence-corrected chi connectivity index (χ0v) is 14.3. The standard InChI is InChI=1S/C16H18BrN6/c17-16-20-15(13-8-19-5-6-23(13,16)18)10-3-4-12-11(7-10)14(22-21-12)9-1-2-9/h5-6,8-10H,1-4,7,18H2,(H,21,22)/q+1. The number of nitrogens with one attached hydrogen (secondary N) is 1. The highest BCUT2D eigenvalue weighted by atomic mass is 79.9. The number of aromatic amines is 1. The van der Waals surface area contributed by atoms with Crippen LogP contribution in [0.25, 0.3) is 0 Å². The summed E-state index contributed by atoms with van der Waals surface area (Å²) >= 11 is 3.54. The molecule has 2 atom stereocenters. The second kappa shape index (κ2) is 4.72. The largest absolute Gasteiger partial charge is 0.301 e. The highest BCUT2D eigenvalue weighted by Crippen LogP contribution is 2.45. The van der Waals surface area contributed by atoms with Crippen LogP contribution in [-0.2, 0) is 12.8 Å². The van der Waals surface area contributed by atoms with Crippen LogP contribution in [0.1, 0.15) is 42.1 Å². The summed E-state index contributed by atoms with van der Waals surface area (Å²) < 4.78 is 0.827. The van der Waals surface area contributed by atoms with E-state index in [0.717, 1.165) is 35.4 Å². The minimum atomic E-state index is 0.100. The summed E-state index contributed by atoms with van der Waals surface area (Å²) in [4.78, 5) is 9.03. The Bertz CT molecular complexity index is 813. The fraction of sp³-hybridized carbons (Fsp3) is 0.438. The molecule has 2 aliphatic heterocycles. The lowest BCUT2D eigenvalue weighted by molar-refractivity contribution is -0.746. The third-order valence-electron chi connectivity index (χ3n) is 5.29. The number of aromatic nitrogens is 2. The van der Waals surface area contributed by atoms with Gasteiger partial charge in [0.1, 0.15) is 11.9 Å². The van der Waals surface area contributed by atoms with Crippen LogP contribution in [0.4, 0.5) is 0 Å². The Balaban J connectivity index is 1.53. The van der Waals surface area contributed by atoms with E-state index in [1.165, 1.54) is 29.8 Å². The first-order valence-electron chi connectivity index (χ1n) is 8.10. The molecule has 0 saturated heterocycles. The Labute approximate surface area is 142 Å². The van der Waals surface area contributed by atoms with Crippen molar-refractivity contribution in [2.45, 2.75) is 38.0 Å². The van der Waals surface area contributed by atoms with Crippen LogP contribution in [0, 0.1) is 5.92 Å². The molecule has 0 spiro atoms. The number of nitrogens with two attached hydrogens (primary N) is 1. The highest BCUT2D eigenvalue weighted by Gasteiger charge is 2.45. The smallest absolute Gasteiger partial charge is 0.282 e. The lowest BCUT2D eigenvalue weighted by Crippen LogP contribution is -2.50. The molecule has 1 aromatic heterocycles. The van der Waals surface area contributed by atoms with Crippen LogP contribution in [-0.4, -0.2) is 25.7 Å². The topological polar surface area (TPSA) is 79.4 Å². The van der Waals surface area contributed by atoms with E-state index in [1.807, 2.05) is 12.4 Å². The summed E-state index contributed by atoms with van der Waals surface area (Å²) in [6.45, 7) is 0. The number of aliphatic imine (C=N–C) groups is 2. The molecule has 23 heavy (non-hydrogen) atoms. The lowest BCUT2D eigenvalue weighted by atomic mass is 9.83. The van der Waals surface area contributed by atoms with E-state index in [0.29, 0.717) is 11.8 Å². The van der Waals surface area contributed by atoms with Crippen LogP contribution in [0.3, 0.4) is 0 Å². The van der Waals surface area contributed by atoms with Crippen molar-refractivity contribution >= 4 is 26.9 Å². The first-order valence-corrected chi connectivity index (χ1v) is 8.90. The molecule has 0 aromatic carbocycles. The molecule has 118 valence electrons. The zero-order chi connectivity index (χ0) is 15.6. The van der Waals surface area contributed by atoms with Crippen molar-refractivity contribution in [3.8, 4) is 0 Å². The number of halogens is 1. The summed E-state index contributed by atoms with van der Waals surface area (Å²) in [6.07, 6.45) is 11.1. The molecule has 5 rings (SSSR count). The maximum absolute atomic E-state index is 6.47.